The molecule has 0 atom stereocenters. The molecule has 0 bridgehead atoms. The smallest absolute Gasteiger partial charge is 0.308 e. The summed E-state index contributed by atoms with van der Waals surface area (Å²) in [6.45, 7) is 1.77. The molecule has 0 aliphatic heterocycles. The molecule has 0 fully saturated rings. The van der Waals surface area contributed by atoms with E-state index in [4.69, 9.17) is 9.47 Å². The lowest BCUT2D eigenvalue weighted by molar-refractivity contribution is -0.131. The van der Waals surface area contributed by atoms with Gasteiger partial charge in [-0.3, -0.25) is 9.59 Å². The molecule has 0 aliphatic carbocycles. The van der Waals surface area contributed by atoms with E-state index in [9.17, 15) is 9.59 Å². The van der Waals surface area contributed by atoms with Gasteiger partial charge in [0.15, 0.2) is 0 Å². The fraction of sp³-hybridized carbons (Fsp3) is 0.0667. The molecule has 0 aliphatic rings. The van der Waals surface area contributed by atoms with Crippen LogP contribution in [0.5, 0.6) is 11.5 Å². The Kier molecular flexibility index (Phi) is 4.79. The standard InChI is InChI=1S/C15H12O4S/c1-11(17)19-13-4-8-15(9-5-13)20-14-6-2-12(3-7-14)18-10-16/h2-10H,1H3. The molecule has 2 aromatic carbocycles. The van der Waals surface area contributed by atoms with E-state index < -0.39 is 0 Å². The average molecular weight is 288 g/mol. The van der Waals surface area contributed by atoms with Crippen molar-refractivity contribution in [3.8, 4) is 11.5 Å². The van der Waals surface area contributed by atoms with Gasteiger partial charge in [-0.25, -0.2) is 0 Å². The average Bonchev–Trinajstić information content (AvgIpc) is 2.43. The molecule has 0 saturated carbocycles. The van der Waals surface area contributed by atoms with Crippen LogP contribution in [0.25, 0.3) is 0 Å². The summed E-state index contributed by atoms with van der Waals surface area (Å²) in [5.74, 6) is 0.697. The molecule has 4 nitrogen and oxygen atoms in total. The molecule has 0 radical (unpaired) electrons. The highest BCUT2D eigenvalue weighted by molar-refractivity contribution is 7.99. The number of benzene rings is 2. The lowest BCUT2D eigenvalue weighted by Gasteiger charge is -2.04. The molecule has 102 valence electrons. The molecular weight excluding hydrogens is 276 g/mol. The molecule has 0 amide bonds. The van der Waals surface area contributed by atoms with Gasteiger partial charge in [-0.2, -0.15) is 0 Å². The van der Waals surface area contributed by atoms with Crippen molar-refractivity contribution in [2.24, 2.45) is 0 Å². The summed E-state index contributed by atoms with van der Waals surface area (Å²) in [7, 11) is 0. The molecule has 0 unspecified atom stereocenters. The number of esters is 1. The van der Waals surface area contributed by atoms with Crippen LogP contribution in [0.4, 0.5) is 0 Å². The largest absolute Gasteiger partial charge is 0.429 e. The summed E-state index contributed by atoms with van der Waals surface area (Å²) >= 11 is 1.56. The summed E-state index contributed by atoms with van der Waals surface area (Å²) in [5, 5.41) is 0. The van der Waals surface area contributed by atoms with Crippen LogP contribution < -0.4 is 9.47 Å². The van der Waals surface area contributed by atoms with E-state index in [1.165, 1.54) is 6.92 Å². The lowest BCUT2D eigenvalue weighted by atomic mass is 10.3. The topological polar surface area (TPSA) is 52.6 Å². The van der Waals surface area contributed by atoms with Crippen molar-refractivity contribution in [1.82, 2.24) is 0 Å². The van der Waals surface area contributed by atoms with Crippen LogP contribution in [-0.2, 0) is 9.59 Å². The van der Waals surface area contributed by atoms with Crippen molar-refractivity contribution in [2.75, 3.05) is 0 Å². The van der Waals surface area contributed by atoms with Gasteiger partial charge in [0.2, 0.25) is 0 Å². The fourth-order valence-electron chi connectivity index (χ4n) is 1.52. The van der Waals surface area contributed by atoms with E-state index in [-0.39, 0.29) is 5.97 Å². The summed E-state index contributed by atoms with van der Waals surface area (Å²) in [4.78, 5) is 23.0. The van der Waals surface area contributed by atoms with E-state index in [2.05, 4.69) is 0 Å². The second-order valence-electron chi connectivity index (χ2n) is 3.85. The Labute approximate surface area is 120 Å². The molecule has 0 N–H and O–H groups in total. The molecule has 5 heteroatoms. The van der Waals surface area contributed by atoms with Gasteiger partial charge in [0, 0.05) is 16.7 Å². The Morgan fingerprint density at radius 1 is 0.950 bits per heavy atom. The van der Waals surface area contributed by atoms with Crippen LogP contribution in [0.1, 0.15) is 6.92 Å². The summed E-state index contributed by atoms with van der Waals surface area (Å²) in [6.07, 6.45) is 0. The third-order valence-electron chi connectivity index (χ3n) is 2.33. The van der Waals surface area contributed by atoms with Crippen LogP contribution in [0.3, 0.4) is 0 Å². The highest BCUT2D eigenvalue weighted by Gasteiger charge is 2.01. The predicted molar refractivity (Wildman–Crippen MR) is 75.0 cm³/mol. The minimum atomic E-state index is -0.337. The van der Waals surface area contributed by atoms with Crippen molar-refractivity contribution < 1.29 is 19.1 Å². The molecule has 20 heavy (non-hydrogen) atoms. The van der Waals surface area contributed by atoms with Crippen molar-refractivity contribution in [2.45, 2.75) is 16.7 Å². The SMILES string of the molecule is CC(=O)Oc1ccc(Sc2ccc(OC=O)cc2)cc1. The summed E-state index contributed by atoms with van der Waals surface area (Å²) < 4.78 is 9.69. The minimum Gasteiger partial charge on any atom is -0.429 e. The molecule has 0 heterocycles. The van der Waals surface area contributed by atoms with Crippen LogP contribution in [0, 0.1) is 0 Å². The maximum Gasteiger partial charge on any atom is 0.308 e. The molecular formula is C15H12O4S. The van der Waals surface area contributed by atoms with Crippen LogP contribution in [-0.4, -0.2) is 12.4 Å². The second kappa shape index (κ2) is 6.77. The maximum absolute atomic E-state index is 10.8. The van der Waals surface area contributed by atoms with Crippen LogP contribution in [0.2, 0.25) is 0 Å². The van der Waals surface area contributed by atoms with E-state index in [1.807, 2.05) is 24.3 Å². The quantitative estimate of drug-likeness (QED) is 0.480. The minimum absolute atomic E-state index is 0.337. The summed E-state index contributed by atoms with van der Waals surface area (Å²) in [5.41, 5.74) is 0. The van der Waals surface area contributed by atoms with Gasteiger partial charge in [-0.05, 0) is 48.5 Å². The van der Waals surface area contributed by atoms with E-state index >= 15 is 0 Å². The Bertz CT molecular complexity index is 590. The first kappa shape index (κ1) is 14.1. The van der Waals surface area contributed by atoms with Crippen LogP contribution in [0.15, 0.2) is 58.3 Å². The number of carbonyl (C=O) groups excluding carboxylic acids is 2. The van der Waals surface area contributed by atoms with E-state index in [0.717, 1.165) is 9.79 Å². The second-order valence-corrected chi connectivity index (χ2v) is 5.00. The van der Waals surface area contributed by atoms with Crippen LogP contribution >= 0.6 is 11.8 Å². The highest BCUT2D eigenvalue weighted by atomic mass is 32.2. The van der Waals surface area contributed by atoms with Crippen molar-refractivity contribution >= 4 is 24.2 Å². The molecule has 2 rings (SSSR count). The van der Waals surface area contributed by atoms with Gasteiger partial charge in [0.1, 0.15) is 11.5 Å². The molecule has 0 spiro atoms. The third kappa shape index (κ3) is 4.13. The Morgan fingerprint density at radius 3 is 1.90 bits per heavy atom. The first-order chi connectivity index (χ1) is 9.67. The molecule has 0 aromatic heterocycles. The predicted octanol–water partition coefficient (Wildman–Crippen LogP) is 3.30. The first-order valence-electron chi connectivity index (χ1n) is 5.84. The van der Waals surface area contributed by atoms with Crippen molar-refractivity contribution in [3.63, 3.8) is 0 Å². The number of carbonyl (C=O) groups is 2. The van der Waals surface area contributed by atoms with Gasteiger partial charge in [0.05, 0.1) is 0 Å². The zero-order valence-electron chi connectivity index (χ0n) is 10.7. The first-order valence-corrected chi connectivity index (χ1v) is 6.66. The van der Waals surface area contributed by atoms with E-state index in [1.54, 1.807) is 36.0 Å². The number of rotatable bonds is 5. The number of hydrogen-bond acceptors (Lipinski definition) is 5. The Balaban J connectivity index is 2.02. The van der Waals surface area contributed by atoms with Gasteiger partial charge in [-0.15, -0.1) is 0 Å². The maximum atomic E-state index is 10.8. The van der Waals surface area contributed by atoms with Gasteiger partial charge < -0.3 is 9.47 Å². The highest BCUT2D eigenvalue weighted by Crippen LogP contribution is 2.30. The molecule has 2 aromatic rings. The van der Waals surface area contributed by atoms with Gasteiger partial charge in [-0.1, -0.05) is 11.8 Å². The summed E-state index contributed by atoms with van der Waals surface area (Å²) in [6, 6.07) is 14.4. The fourth-order valence-corrected chi connectivity index (χ4v) is 2.34. The zero-order chi connectivity index (χ0) is 14.4. The molecule has 0 saturated heterocycles. The third-order valence-corrected chi connectivity index (χ3v) is 3.34. The van der Waals surface area contributed by atoms with Gasteiger partial charge >= 0.3 is 5.97 Å². The van der Waals surface area contributed by atoms with Crippen molar-refractivity contribution in [1.29, 1.82) is 0 Å². The lowest BCUT2D eigenvalue weighted by Crippen LogP contribution is -2.00. The Hall–Kier alpha value is -2.27. The Morgan fingerprint density at radius 2 is 1.45 bits per heavy atom. The van der Waals surface area contributed by atoms with E-state index in [0.29, 0.717) is 18.0 Å². The number of hydrogen-bond donors (Lipinski definition) is 0. The van der Waals surface area contributed by atoms with Crippen molar-refractivity contribution in [3.05, 3.63) is 48.5 Å². The normalized spacial score (nSPS) is 9.85. The number of ether oxygens (including phenoxy) is 2. The monoisotopic (exact) mass is 288 g/mol. The zero-order valence-corrected chi connectivity index (χ0v) is 11.6. The van der Waals surface area contributed by atoms with Gasteiger partial charge in [0.25, 0.3) is 6.47 Å².